The van der Waals surface area contributed by atoms with Gasteiger partial charge in [0.2, 0.25) is 0 Å². The number of hydrogen-bond donors (Lipinski definition) is 1. The summed E-state index contributed by atoms with van der Waals surface area (Å²) in [6.45, 7) is 0. The van der Waals surface area contributed by atoms with Gasteiger partial charge in [0, 0.05) is 17.9 Å². The van der Waals surface area contributed by atoms with Crippen LogP contribution in [-0.2, 0) is 4.79 Å². The molecule has 1 aromatic carbocycles. The minimum atomic E-state index is -0.400. The highest BCUT2D eigenvalue weighted by atomic mass is 19.1. The van der Waals surface area contributed by atoms with E-state index in [2.05, 4.69) is 0 Å². The van der Waals surface area contributed by atoms with Gasteiger partial charge in [-0.05, 0) is 31.0 Å². The van der Waals surface area contributed by atoms with Crippen molar-refractivity contribution in [3.05, 3.63) is 29.6 Å². The average molecular weight is 194 g/mol. The maximum absolute atomic E-state index is 13.3. The van der Waals surface area contributed by atoms with Crippen molar-refractivity contribution in [1.29, 1.82) is 0 Å². The average Bonchev–Trinajstić information content (AvgIpc) is 2.56. The van der Waals surface area contributed by atoms with E-state index in [0.29, 0.717) is 18.4 Å². The van der Waals surface area contributed by atoms with Gasteiger partial charge in [-0.3, -0.25) is 4.79 Å². The molecular formula is C11H11FO2. The molecule has 1 aliphatic carbocycles. The van der Waals surface area contributed by atoms with Crippen LogP contribution in [0, 0.1) is 5.82 Å². The molecule has 1 atom stereocenters. The maximum Gasteiger partial charge on any atom is 0.140 e. The van der Waals surface area contributed by atoms with Crippen LogP contribution in [0.2, 0.25) is 0 Å². The first-order valence-corrected chi connectivity index (χ1v) is 4.69. The molecule has 1 saturated carbocycles. The maximum atomic E-state index is 13.3. The fourth-order valence-electron chi connectivity index (χ4n) is 1.94. The first kappa shape index (κ1) is 9.19. The standard InChI is InChI=1S/C11H11FO2/c12-10-5-4-7(13)6-9(10)8-2-1-3-11(8)14/h4-6,8,13H,1-3H2. The number of phenolic OH excluding ortho intramolecular Hbond substituents is 1. The number of halogens is 1. The summed E-state index contributed by atoms with van der Waals surface area (Å²) in [4.78, 5) is 11.4. The largest absolute Gasteiger partial charge is 0.508 e. The predicted molar refractivity (Wildman–Crippen MR) is 49.7 cm³/mol. The van der Waals surface area contributed by atoms with Gasteiger partial charge in [-0.2, -0.15) is 0 Å². The number of carbonyl (C=O) groups is 1. The van der Waals surface area contributed by atoms with Gasteiger partial charge in [0.15, 0.2) is 0 Å². The molecule has 1 N–H and O–H groups in total. The second-order valence-corrected chi connectivity index (χ2v) is 3.62. The zero-order valence-corrected chi connectivity index (χ0v) is 7.66. The number of hydrogen-bond acceptors (Lipinski definition) is 2. The van der Waals surface area contributed by atoms with Gasteiger partial charge in [0.25, 0.3) is 0 Å². The molecule has 0 bridgehead atoms. The van der Waals surface area contributed by atoms with Crippen LogP contribution in [0.25, 0.3) is 0 Å². The Morgan fingerprint density at radius 1 is 1.43 bits per heavy atom. The zero-order valence-electron chi connectivity index (χ0n) is 7.66. The molecule has 0 saturated heterocycles. The highest BCUT2D eigenvalue weighted by Gasteiger charge is 2.28. The summed E-state index contributed by atoms with van der Waals surface area (Å²) in [7, 11) is 0. The van der Waals surface area contributed by atoms with E-state index in [-0.39, 0.29) is 17.5 Å². The molecule has 2 nitrogen and oxygen atoms in total. The molecule has 0 aliphatic heterocycles. The fourth-order valence-corrected chi connectivity index (χ4v) is 1.94. The number of rotatable bonds is 1. The number of carbonyl (C=O) groups excluding carboxylic acids is 1. The highest BCUT2D eigenvalue weighted by molar-refractivity contribution is 5.87. The van der Waals surface area contributed by atoms with E-state index in [1.807, 2.05) is 0 Å². The molecule has 1 aromatic rings. The predicted octanol–water partition coefficient (Wildman–Crippen LogP) is 2.37. The van der Waals surface area contributed by atoms with E-state index in [0.717, 1.165) is 6.42 Å². The Morgan fingerprint density at radius 2 is 2.21 bits per heavy atom. The summed E-state index contributed by atoms with van der Waals surface area (Å²) in [6.07, 6.45) is 2.04. The third kappa shape index (κ3) is 1.50. The monoisotopic (exact) mass is 194 g/mol. The van der Waals surface area contributed by atoms with Crippen LogP contribution in [0.15, 0.2) is 18.2 Å². The lowest BCUT2D eigenvalue weighted by Crippen LogP contribution is -2.06. The summed E-state index contributed by atoms with van der Waals surface area (Å²) in [6, 6.07) is 3.84. The molecule has 0 heterocycles. The van der Waals surface area contributed by atoms with Gasteiger partial charge < -0.3 is 5.11 Å². The Hall–Kier alpha value is -1.38. The van der Waals surface area contributed by atoms with Crippen molar-refractivity contribution < 1.29 is 14.3 Å². The Balaban J connectivity index is 2.39. The Bertz CT molecular complexity index is 374. The van der Waals surface area contributed by atoms with Crippen LogP contribution in [0.3, 0.4) is 0 Å². The van der Waals surface area contributed by atoms with E-state index in [1.54, 1.807) is 0 Å². The van der Waals surface area contributed by atoms with Crippen molar-refractivity contribution >= 4 is 5.78 Å². The van der Waals surface area contributed by atoms with Crippen molar-refractivity contribution in [2.45, 2.75) is 25.2 Å². The molecule has 3 heteroatoms. The molecule has 74 valence electrons. The smallest absolute Gasteiger partial charge is 0.140 e. The summed E-state index contributed by atoms with van der Waals surface area (Å²) in [5.41, 5.74) is 0.340. The van der Waals surface area contributed by atoms with Crippen molar-refractivity contribution in [1.82, 2.24) is 0 Å². The number of Topliss-reactive ketones (excluding diaryl/α,β-unsaturated/α-hetero) is 1. The molecule has 1 unspecified atom stereocenters. The van der Waals surface area contributed by atoms with Crippen LogP contribution in [-0.4, -0.2) is 10.9 Å². The van der Waals surface area contributed by atoms with E-state index in [1.165, 1.54) is 18.2 Å². The highest BCUT2D eigenvalue weighted by Crippen LogP contribution is 2.34. The van der Waals surface area contributed by atoms with E-state index in [9.17, 15) is 14.3 Å². The SMILES string of the molecule is O=C1CCCC1c1cc(O)ccc1F. The molecule has 0 radical (unpaired) electrons. The van der Waals surface area contributed by atoms with Gasteiger partial charge in [-0.15, -0.1) is 0 Å². The quantitative estimate of drug-likeness (QED) is 0.745. The van der Waals surface area contributed by atoms with Crippen LogP contribution in [0.1, 0.15) is 30.7 Å². The molecule has 14 heavy (non-hydrogen) atoms. The Kier molecular flexibility index (Phi) is 2.23. The van der Waals surface area contributed by atoms with Crippen LogP contribution >= 0.6 is 0 Å². The van der Waals surface area contributed by atoms with Gasteiger partial charge in [-0.1, -0.05) is 0 Å². The topological polar surface area (TPSA) is 37.3 Å². The van der Waals surface area contributed by atoms with Crippen molar-refractivity contribution in [2.24, 2.45) is 0 Å². The summed E-state index contributed by atoms with van der Waals surface area (Å²) in [5, 5.41) is 9.21. The van der Waals surface area contributed by atoms with E-state index in [4.69, 9.17) is 0 Å². The van der Waals surface area contributed by atoms with Gasteiger partial charge >= 0.3 is 0 Å². The lowest BCUT2D eigenvalue weighted by molar-refractivity contribution is -0.118. The first-order valence-electron chi connectivity index (χ1n) is 4.69. The van der Waals surface area contributed by atoms with Gasteiger partial charge in [-0.25, -0.2) is 4.39 Å². The molecule has 0 spiro atoms. The summed E-state index contributed by atoms with van der Waals surface area (Å²) in [5.74, 6) is -0.652. The van der Waals surface area contributed by atoms with Crippen molar-refractivity contribution in [3.63, 3.8) is 0 Å². The van der Waals surface area contributed by atoms with Crippen molar-refractivity contribution in [2.75, 3.05) is 0 Å². The summed E-state index contributed by atoms with van der Waals surface area (Å²) < 4.78 is 13.3. The number of ketones is 1. The second kappa shape index (κ2) is 3.40. The lowest BCUT2D eigenvalue weighted by atomic mass is 9.96. The second-order valence-electron chi connectivity index (χ2n) is 3.62. The van der Waals surface area contributed by atoms with Gasteiger partial charge in [0.1, 0.15) is 17.3 Å². The molecule has 1 fully saturated rings. The van der Waals surface area contributed by atoms with E-state index < -0.39 is 5.82 Å². The van der Waals surface area contributed by atoms with Crippen LogP contribution < -0.4 is 0 Å². The Morgan fingerprint density at radius 3 is 2.86 bits per heavy atom. The normalized spacial score (nSPS) is 21.5. The zero-order chi connectivity index (χ0) is 10.1. The third-order valence-electron chi connectivity index (χ3n) is 2.66. The molecule has 2 rings (SSSR count). The number of aromatic hydroxyl groups is 1. The summed E-state index contributed by atoms with van der Waals surface area (Å²) >= 11 is 0. The molecule has 0 amide bonds. The van der Waals surface area contributed by atoms with Gasteiger partial charge in [0.05, 0.1) is 0 Å². The lowest BCUT2D eigenvalue weighted by Gasteiger charge is -2.09. The third-order valence-corrected chi connectivity index (χ3v) is 2.66. The van der Waals surface area contributed by atoms with Crippen LogP contribution in [0.4, 0.5) is 4.39 Å². The van der Waals surface area contributed by atoms with E-state index >= 15 is 0 Å². The first-order chi connectivity index (χ1) is 6.68. The minimum absolute atomic E-state index is 0.0149. The molecule has 0 aromatic heterocycles. The number of benzene rings is 1. The molecular weight excluding hydrogens is 183 g/mol. The van der Waals surface area contributed by atoms with Crippen LogP contribution in [0.5, 0.6) is 5.75 Å². The minimum Gasteiger partial charge on any atom is -0.508 e. The Labute approximate surface area is 81.4 Å². The molecule has 1 aliphatic rings. The fraction of sp³-hybridized carbons (Fsp3) is 0.364. The van der Waals surface area contributed by atoms with Crippen molar-refractivity contribution in [3.8, 4) is 5.75 Å². The number of phenols is 1.